The first-order chi connectivity index (χ1) is 12.6. The summed E-state index contributed by atoms with van der Waals surface area (Å²) in [4.78, 5) is 24.1. The monoisotopic (exact) mass is 345 g/mol. The molecule has 2 aliphatic rings. The quantitative estimate of drug-likeness (QED) is 0.338. The third-order valence-electron chi connectivity index (χ3n) is 4.32. The third kappa shape index (κ3) is 2.50. The van der Waals surface area contributed by atoms with Crippen LogP contribution in [0.1, 0.15) is 10.4 Å². The Kier molecular flexibility index (Phi) is 3.69. The topological polar surface area (TPSA) is 82.5 Å². The maximum absolute atomic E-state index is 12.3. The molecule has 2 aromatic rings. The number of nitrogen functional groups attached to an aromatic ring is 1. The molecule has 26 heavy (non-hydrogen) atoms. The number of nitrogens with two attached hydrogens (primary N) is 1. The molecule has 0 bridgehead atoms. The molecule has 0 fully saturated rings. The maximum Gasteiger partial charge on any atom is 0.338 e. The van der Waals surface area contributed by atoms with Gasteiger partial charge >= 0.3 is 5.97 Å². The molecule has 0 atom stereocenters. The number of anilines is 1. The number of benzene rings is 3. The fourth-order valence-corrected chi connectivity index (χ4v) is 3.17. The van der Waals surface area contributed by atoms with Crippen LogP contribution in [0, 0.1) is 0 Å². The first-order valence-electron chi connectivity index (χ1n) is 8.02. The lowest BCUT2D eigenvalue weighted by Crippen LogP contribution is -2.05. The van der Waals surface area contributed by atoms with Gasteiger partial charge in [-0.3, -0.25) is 4.79 Å². The Hall–Kier alpha value is -3.60. The van der Waals surface area contributed by atoms with Crippen LogP contribution >= 0.6 is 0 Å². The van der Waals surface area contributed by atoms with Crippen molar-refractivity contribution in [1.29, 1.82) is 0 Å². The van der Waals surface area contributed by atoms with Crippen LogP contribution in [0.2, 0.25) is 0 Å². The smallest absolute Gasteiger partial charge is 0.338 e. The van der Waals surface area contributed by atoms with Crippen LogP contribution in [-0.2, 0) is 4.74 Å². The summed E-state index contributed by atoms with van der Waals surface area (Å²) in [5, 5.41) is 0.793. The number of methoxy groups -OCH3 is 1. The average Bonchev–Trinajstić information content (AvgIpc) is 2.65. The predicted molar refractivity (Wildman–Crippen MR) is 100 cm³/mol. The van der Waals surface area contributed by atoms with Crippen LogP contribution in [-0.4, -0.2) is 13.1 Å². The number of esters is 1. The summed E-state index contributed by atoms with van der Waals surface area (Å²) in [6.45, 7) is 0. The van der Waals surface area contributed by atoms with Crippen LogP contribution in [0.5, 0.6) is 0 Å². The lowest BCUT2D eigenvalue weighted by molar-refractivity contribution is 0.0601. The molecular formula is C21H15NO4. The molecule has 5 heteroatoms. The van der Waals surface area contributed by atoms with Crippen molar-refractivity contribution in [3.8, 4) is 22.5 Å². The van der Waals surface area contributed by atoms with Crippen molar-refractivity contribution in [3.05, 3.63) is 76.5 Å². The number of hydrogen-bond acceptors (Lipinski definition) is 5. The molecule has 1 heterocycles. The highest BCUT2D eigenvalue weighted by atomic mass is 16.5. The summed E-state index contributed by atoms with van der Waals surface area (Å²) in [5.41, 5.74) is 9.49. The zero-order chi connectivity index (χ0) is 18.3. The van der Waals surface area contributed by atoms with Gasteiger partial charge in [-0.05, 0) is 35.9 Å². The van der Waals surface area contributed by atoms with E-state index in [1.807, 2.05) is 18.2 Å². The van der Waals surface area contributed by atoms with Crippen molar-refractivity contribution in [2.45, 2.75) is 0 Å². The average molecular weight is 345 g/mol. The molecule has 2 N–H and O–H groups in total. The zero-order valence-corrected chi connectivity index (χ0v) is 14.0. The van der Waals surface area contributed by atoms with E-state index < -0.39 is 5.97 Å². The Morgan fingerprint density at radius 2 is 1.81 bits per heavy atom. The van der Waals surface area contributed by atoms with Gasteiger partial charge in [-0.2, -0.15) is 0 Å². The van der Waals surface area contributed by atoms with Gasteiger partial charge in [0.25, 0.3) is 0 Å². The standard InChI is InChI=1S/C21H15NO4/c1-25-21(24)15-5-3-2-4-14(15)20-16-8-6-12(22)10-18(16)26-19-11-13(23)7-9-17(19)20/h2-11H,22H2,1H3. The second-order valence-electron chi connectivity index (χ2n) is 5.93. The predicted octanol–water partition coefficient (Wildman–Crippen LogP) is 3.93. The molecule has 128 valence electrons. The van der Waals surface area contributed by atoms with E-state index in [2.05, 4.69) is 0 Å². The van der Waals surface area contributed by atoms with E-state index in [0.29, 0.717) is 28.2 Å². The highest BCUT2D eigenvalue weighted by Crippen LogP contribution is 2.41. The molecule has 1 aliphatic carbocycles. The molecule has 5 nitrogen and oxygen atoms in total. The summed E-state index contributed by atoms with van der Waals surface area (Å²) in [5.74, 6) is 0.00357. The summed E-state index contributed by atoms with van der Waals surface area (Å²) < 4.78 is 10.8. The van der Waals surface area contributed by atoms with E-state index in [1.54, 1.807) is 30.3 Å². The lowest BCUT2D eigenvalue weighted by Gasteiger charge is -2.17. The number of rotatable bonds is 2. The molecular weight excluding hydrogens is 330 g/mol. The van der Waals surface area contributed by atoms with Crippen LogP contribution in [0.15, 0.2) is 69.9 Å². The SMILES string of the molecule is COC(=O)c1ccccc1-c1c2ccc(=O)cc-2oc2cc(N)ccc12. The molecule has 4 rings (SSSR count). The normalized spacial score (nSPS) is 11.0. The van der Waals surface area contributed by atoms with Crippen molar-refractivity contribution in [2.24, 2.45) is 0 Å². The number of carbonyl (C=O) groups is 1. The van der Waals surface area contributed by atoms with Gasteiger partial charge in [-0.25, -0.2) is 4.79 Å². The summed E-state index contributed by atoms with van der Waals surface area (Å²) in [6.07, 6.45) is 0. The molecule has 0 radical (unpaired) electrons. The van der Waals surface area contributed by atoms with E-state index >= 15 is 0 Å². The molecule has 2 aromatic carbocycles. The highest BCUT2D eigenvalue weighted by molar-refractivity contribution is 6.08. The van der Waals surface area contributed by atoms with Gasteiger partial charge in [0.2, 0.25) is 0 Å². The lowest BCUT2D eigenvalue weighted by atomic mass is 9.91. The fourth-order valence-electron chi connectivity index (χ4n) is 3.17. The maximum atomic E-state index is 12.3. The number of hydrogen-bond donors (Lipinski definition) is 1. The van der Waals surface area contributed by atoms with Gasteiger partial charge in [-0.1, -0.05) is 18.2 Å². The van der Waals surface area contributed by atoms with Gasteiger partial charge < -0.3 is 14.9 Å². The summed E-state index contributed by atoms with van der Waals surface area (Å²) in [7, 11) is 1.35. The van der Waals surface area contributed by atoms with Gasteiger partial charge in [0.05, 0.1) is 12.7 Å². The second kappa shape index (κ2) is 6.04. The van der Waals surface area contributed by atoms with Crippen molar-refractivity contribution >= 4 is 22.6 Å². The van der Waals surface area contributed by atoms with Gasteiger partial charge in [0.15, 0.2) is 5.43 Å². The van der Waals surface area contributed by atoms with E-state index in [1.165, 1.54) is 19.2 Å². The largest absolute Gasteiger partial charge is 0.465 e. The van der Waals surface area contributed by atoms with Crippen molar-refractivity contribution in [3.63, 3.8) is 0 Å². The molecule has 0 aromatic heterocycles. The minimum atomic E-state index is -0.432. The first-order valence-corrected chi connectivity index (χ1v) is 8.02. The molecule has 0 saturated heterocycles. The summed E-state index contributed by atoms with van der Waals surface area (Å²) >= 11 is 0. The Morgan fingerprint density at radius 1 is 1.00 bits per heavy atom. The number of carbonyl (C=O) groups excluding carboxylic acids is 1. The van der Waals surface area contributed by atoms with Crippen LogP contribution < -0.4 is 11.2 Å². The summed E-state index contributed by atoms with van der Waals surface area (Å²) in [6, 6.07) is 17.1. The van der Waals surface area contributed by atoms with Gasteiger partial charge in [-0.15, -0.1) is 0 Å². The van der Waals surface area contributed by atoms with E-state index in [4.69, 9.17) is 14.9 Å². The fraction of sp³-hybridized carbons (Fsp3) is 0.0476. The Morgan fingerprint density at radius 3 is 2.62 bits per heavy atom. The van der Waals surface area contributed by atoms with E-state index in [-0.39, 0.29) is 5.43 Å². The Labute approximate surface area is 149 Å². The number of ether oxygens (including phenoxy) is 1. The molecule has 0 saturated carbocycles. The van der Waals surface area contributed by atoms with E-state index in [9.17, 15) is 9.59 Å². The minimum absolute atomic E-state index is 0.156. The van der Waals surface area contributed by atoms with Gasteiger partial charge in [0.1, 0.15) is 11.3 Å². The number of fused-ring (bicyclic) bond motifs is 2. The Bertz CT molecular complexity index is 1180. The Balaban J connectivity index is 2.18. The van der Waals surface area contributed by atoms with Crippen LogP contribution in [0.4, 0.5) is 5.69 Å². The molecule has 1 aliphatic heterocycles. The van der Waals surface area contributed by atoms with E-state index in [0.717, 1.165) is 16.5 Å². The van der Waals surface area contributed by atoms with Crippen molar-refractivity contribution in [2.75, 3.05) is 12.8 Å². The van der Waals surface area contributed by atoms with Crippen LogP contribution in [0.25, 0.3) is 33.4 Å². The van der Waals surface area contributed by atoms with Crippen molar-refractivity contribution < 1.29 is 13.9 Å². The first kappa shape index (κ1) is 15.9. The third-order valence-corrected chi connectivity index (χ3v) is 4.32. The highest BCUT2D eigenvalue weighted by Gasteiger charge is 2.21. The van der Waals surface area contributed by atoms with Crippen LogP contribution in [0.3, 0.4) is 0 Å². The molecule has 0 spiro atoms. The van der Waals surface area contributed by atoms with Gasteiger partial charge in [0, 0.05) is 34.3 Å². The molecule has 0 amide bonds. The zero-order valence-electron chi connectivity index (χ0n) is 14.0. The van der Waals surface area contributed by atoms with Crippen molar-refractivity contribution in [1.82, 2.24) is 0 Å². The minimum Gasteiger partial charge on any atom is -0.465 e. The second-order valence-corrected chi connectivity index (χ2v) is 5.93. The molecule has 0 unspecified atom stereocenters.